The number of para-hydroxylation sites is 1. The van der Waals surface area contributed by atoms with Gasteiger partial charge in [-0.1, -0.05) is 30.7 Å². The van der Waals surface area contributed by atoms with Crippen molar-refractivity contribution in [3.8, 4) is 5.75 Å². The molecule has 0 saturated heterocycles. The molecular weight excluding hydrogens is 376 g/mol. The van der Waals surface area contributed by atoms with Crippen molar-refractivity contribution in [3.63, 3.8) is 0 Å². The Bertz CT molecular complexity index is 869. The number of ether oxygens (including phenoxy) is 1. The summed E-state index contributed by atoms with van der Waals surface area (Å²) >= 11 is 6.08. The summed E-state index contributed by atoms with van der Waals surface area (Å²) < 4.78 is 31.0. The van der Waals surface area contributed by atoms with Gasteiger partial charge in [0.1, 0.15) is 11.8 Å². The number of nitrogens with zero attached hydrogens (tertiary/aromatic N) is 1. The van der Waals surface area contributed by atoms with Gasteiger partial charge in [-0.15, -0.1) is 0 Å². The fourth-order valence-electron chi connectivity index (χ4n) is 2.57. The van der Waals surface area contributed by atoms with Gasteiger partial charge in [0.05, 0.1) is 29.8 Å². The minimum absolute atomic E-state index is 0.287. The Balaban J connectivity index is 2.37. The van der Waals surface area contributed by atoms with E-state index in [0.717, 1.165) is 10.6 Å². The van der Waals surface area contributed by atoms with Crippen LogP contribution in [0.1, 0.15) is 13.3 Å². The zero-order valence-corrected chi connectivity index (χ0v) is 16.3. The second-order valence-electron chi connectivity index (χ2n) is 5.65. The molecule has 2 aromatic rings. The number of carbonyl (C=O) groups excluding carboxylic acids is 1. The highest BCUT2D eigenvalue weighted by Crippen LogP contribution is 2.27. The summed E-state index contributed by atoms with van der Waals surface area (Å²) in [6, 6.07) is 12.4. The molecule has 2 rings (SSSR count). The summed E-state index contributed by atoms with van der Waals surface area (Å²) in [6.45, 7) is 1.75. The first-order valence-electron chi connectivity index (χ1n) is 7.96. The van der Waals surface area contributed by atoms with Crippen LogP contribution < -0.4 is 14.4 Å². The topological polar surface area (TPSA) is 75.7 Å². The van der Waals surface area contributed by atoms with Crippen molar-refractivity contribution < 1.29 is 17.9 Å². The van der Waals surface area contributed by atoms with E-state index in [1.54, 1.807) is 55.5 Å². The van der Waals surface area contributed by atoms with E-state index < -0.39 is 22.0 Å². The van der Waals surface area contributed by atoms with Crippen LogP contribution >= 0.6 is 11.6 Å². The van der Waals surface area contributed by atoms with E-state index in [4.69, 9.17) is 16.3 Å². The lowest BCUT2D eigenvalue weighted by molar-refractivity contribution is -0.117. The number of nitrogens with one attached hydrogen (secondary N) is 1. The smallest absolute Gasteiger partial charge is 0.248 e. The zero-order valence-electron chi connectivity index (χ0n) is 14.8. The molecule has 8 heteroatoms. The standard InChI is InChI=1S/C18H21ClN2O4S/c1-4-17(18(22)20-16-8-6-5-7-15(16)19)21(26(3,23)24)13-9-11-14(25-2)12-10-13/h5-12,17H,4H2,1-3H3,(H,20,22)/t17-/m0/s1. The van der Waals surface area contributed by atoms with E-state index in [1.807, 2.05) is 0 Å². The molecule has 1 N–H and O–H groups in total. The molecular formula is C18H21ClN2O4S. The number of carbonyl (C=O) groups is 1. The molecule has 0 saturated carbocycles. The summed E-state index contributed by atoms with van der Waals surface area (Å²) in [6.07, 6.45) is 1.36. The average Bonchev–Trinajstić information content (AvgIpc) is 2.60. The number of hydrogen-bond donors (Lipinski definition) is 1. The molecule has 26 heavy (non-hydrogen) atoms. The molecule has 0 unspecified atom stereocenters. The summed E-state index contributed by atoms with van der Waals surface area (Å²) in [4.78, 5) is 12.8. The number of rotatable bonds is 7. The van der Waals surface area contributed by atoms with Gasteiger partial charge in [0.2, 0.25) is 15.9 Å². The largest absolute Gasteiger partial charge is 0.497 e. The van der Waals surface area contributed by atoms with Gasteiger partial charge >= 0.3 is 0 Å². The Morgan fingerprint density at radius 2 is 1.81 bits per heavy atom. The van der Waals surface area contributed by atoms with Crippen LogP contribution in [0.3, 0.4) is 0 Å². The van der Waals surface area contributed by atoms with Gasteiger partial charge in [-0.05, 0) is 42.8 Å². The summed E-state index contributed by atoms with van der Waals surface area (Å²) in [5, 5.41) is 3.09. The van der Waals surface area contributed by atoms with E-state index in [1.165, 1.54) is 7.11 Å². The van der Waals surface area contributed by atoms with Crippen LogP contribution in [0, 0.1) is 0 Å². The van der Waals surface area contributed by atoms with Crippen molar-refractivity contribution in [1.29, 1.82) is 0 Å². The Morgan fingerprint density at radius 1 is 1.19 bits per heavy atom. The highest BCUT2D eigenvalue weighted by Gasteiger charge is 2.31. The van der Waals surface area contributed by atoms with Crippen LogP contribution in [0.15, 0.2) is 48.5 Å². The third-order valence-electron chi connectivity index (χ3n) is 3.79. The molecule has 0 aromatic heterocycles. The second-order valence-corrected chi connectivity index (χ2v) is 7.92. The van der Waals surface area contributed by atoms with Crippen molar-refractivity contribution in [2.75, 3.05) is 23.0 Å². The molecule has 2 aromatic carbocycles. The molecule has 6 nitrogen and oxygen atoms in total. The van der Waals surface area contributed by atoms with Gasteiger partial charge in [0, 0.05) is 0 Å². The fourth-order valence-corrected chi connectivity index (χ4v) is 3.96. The highest BCUT2D eigenvalue weighted by molar-refractivity contribution is 7.92. The van der Waals surface area contributed by atoms with E-state index in [9.17, 15) is 13.2 Å². The van der Waals surface area contributed by atoms with Crippen molar-refractivity contribution >= 4 is 38.9 Å². The Kier molecular flexibility index (Phi) is 6.50. The SMILES string of the molecule is CC[C@@H](C(=O)Nc1ccccc1Cl)N(c1ccc(OC)cc1)S(C)(=O)=O. The van der Waals surface area contributed by atoms with Gasteiger partial charge < -0.3 is 10.1 Å². The Labute approximate surface area is 158 Å². The number of methoxy groups -OCH3 is 1. The predicted octanol–water partition coefficient (Wildman–Crippen LogP) is 3.53. The van der Waals surface area contributed by atoms with Crippen molar-refractivity contribution in [3.05, 3.63) is 53.6 Å². The third-order valence-corrected chi connectivity index (χ3v) is 5.30. The number of anilines is 2. The molecule has 1 atom stereocenters. The van der Waals surface area contributed by atoms with Crippen LogP contribution in [-0.2, 0) is 14.8 Å². The van der Waals surface area contributed by atoms with Crippen molar-refractivity contribution in [1.82, 2.24) is 0 Å². The quantitative estimate of drug-likeness (QED) is 0.776. The van der Waals surface area contributed by atoms with Gasteiger partial charge in [-0.3, -0.25) is 9.10 Å². The van der Waals surface area contributed by atoms with Crippen molar-refractivity contribution in [2.45, 2.75) is 19.4 Å². The molecule has 0 aliphatic carbocycles. The first kappa shape index (κ1) is 20.1. The van der Waals surface area contributed by atoms with Crippen LogP contribution in [0.5, 0.6) is 5.75 Å². The van der Waals surface area contributed by atoms with E-state index in [2.05, 4.69) is 5.32 Å². The Morgan fingerprint density at radius 3 is 2.31 bits per heavy atom. The number of amides is 1. The highest BCUT2D eigenvalue weighted by atomic mass is 35.5. The maximum atomic E-state index is 12.8. The maximum absolute atomic E-state index is 12.8. The number of sulfonamides is 1. The summed E-state index contributed by atoms with van der Waals surface area (Å²) in [7, 11) is -2.17. The summed E-state index contributed by atoms with van der Waals surface area (Å²) in [5.41, 5.74) is 0.815. The van der Waals surface area contributed by atoms with Crippen LogP contribution in [0.4, 0.5) is 11.4 Å². The molecule has 0 aliphatic heterocycles. The minimum Gasteiger partial charge on any atom is -0.497 e. The average molecular weight is 397 g/mol. The van der Waals surface area contributed by atoms with E-state index in [0.29, 0.717) is 22.1 Å². The lowest BCUT2D eigenvalue weighted by atomic mass is 10.1. The van der Waals surface area contributed by atoms with Crippen LogP contribution in [0.25, 0.3) is 0 Å². The zero-order chi connectivity index (χ0) is 19.3. The van der Waals surface area contributed by atoms with Gasteiger partial charge in [-0.25, -0.2) is 8.42 Å². The number of hydrogen-bond acceptors (Lipinski definition) is 4. The first-order valence-corrected chi connectivity index (χ1v) is 10.2. The molecule has 0 fully saturated rings. The monoisotopic (exact) mass is 396 g/mol. The molecule has 0 bridgehead atoms. The van der Waals surface area contributed by atoms with E-state index in [-0.39, 0.29) is 6.42 Å². The third kappa shape index (κ3) is 4.68. The Hall–Kier alpha value is -2.25. The second kappa shape index (κ2) is 8.42. The molecule has 0 radical (unpaired) electrons. The molecule has 1 amide bonds. The van der Waals surface area contributed by atoms with Gasteiger partial charge in [0.15, 0.2) is 0 Å². The number of halogens is 1. The van der Waals surface area contributed by atoms with Crippen LogP contribution in [0.2, 0.25) is 5.02 Å². The minimum atomic E-state index is -3.70. The fraction of sp³-hybridized carbons (Fsp3) is 0.278. The van der Waals surface area contributed by atoms with Crippen LogP contribution in [-0.4, -0.2) is 33.7 Å². The first-order chi connectivity index (χ1) is 12.3. The van der Waals surface area contributed by atoms with Crippen molar-refractivity contribution in [2.24, 2.45) is 0 Å². The molecule has 0 aliphatic rings. The number of benzene rings is 2. The lowest BCUT2D eigenvalue weighted by Gasteiger charge is -2.30. The molecule has 0 spiro atoms. The van der Waals surface area contributed by atoms with E-state index >= 15 is 0 Å². The van der Waals surface area contributed by atoms with Gasteiger partial charge in [0.25, 0.3) is 0 Å². The maximum Gasteiger partial charge on any atom is 0.248 e. The molecule has 140 valence electrons. The normalized spacial score (nSPS) is 12.3. The summed E-state index contributed by atoms with van der Waals surface area (Å²) in [5.74, 6) is 0.137. The van der Waals surface area contributed by atoms with Gasteiger partial charge in [-0.2, -0.15) is 0 Å². The molecule has 0 heterocycles. The predicted molar refractivity (Wildman–Crippen MR) is 104 cm³/mol. The lowest BCUT2D eigenvalue weighted by Crippen LogP contribution is -2.47.